The van der Waals surface area contributed by atoms with Crippen molar-refractivity contribution in [3.8, 4) is 0 Å². The fourth-order valence-corrected chi connectivity index (χ4v) is 3.47. The van der Waals surface area contributed by atoms with Gasteiger partial charge in [-0.3, -0.25) is 0 Å². The highest BCUT2D eigenvalue weighted by atomic mass is 32.1. The molecule has 1 atom stereocenters. The Bertz CT molecular complexity index is 566. The van der Waals surface area contributed by atoms with Crippen molar-refractivity contribution in [2.45, 2.75) is 32.6 Å². The SMILES string of the molecule is Cc1nccc(N2CCC[C@H](c3ncc(C)s3)C2)n1. The minimum atomic E-state index is 0.544. The Hall–Kier alpha value is -1.49. The van der Waals surface area contributed by atoms with Crippen LogP contribution in [0.2, 0.25) is 0 Å². The molecule has 19 heavy (non-hydrogen) atoms. The number of hydrogen-bond acceptors (Lipinski definition) is 5. The molecule has 2 aromatic heterocycles. The van der Waals surface area contributed by atoms with E-state index in [1.165, 1.54) is 22.7 Å². The minimum absolute atomic E-state index is 0.544. The van der Waals surface area contributed by atoms with Gasteiger partial charge in [0.05, 0.1) is 5.01 Å². The summed E-state index contributed by atoms with van der Waals surface area (Å²) in [5.41, 5.74) is 0. The van der Waals surface area contributed by atoms with Crippen molar-refractivity contribution < 1.29 is 0 Å². The van der Waals surface area contributed by atoms with Crippen LogP contribution in [0.15, 0.2) is 18.5 Å². The van der Waals surface area contributed by atoms with Crippen molar-refractivity contribution >= 4 is 17.2 Å². The fourth-order valence-electron chi connectivity index (χ4n) is 2.57. The van der Waals surface area contributed by atoms with Gasteiger partial charge in [-0.2, -0.15) is 0 Å². The molecule has 5 heteroatoms. The lowest BCUT2D eigenvalue weighted by Gasteiger charge is -2.32. The van der Waals surface area contributed by atoms with Gasteiger partial charge >= 0.3 is 0 Å². The van der Waals surface area contributed by atoms with E-state index in [2.05, 4.69) is 26.8 Å². The van der Waals surface area contributed by atoms with Gasteiger partial charge in [-0.15, -0.1) is 11.3 Å². The average molecular weight is 274 g/mol. The molecule has 3 heterocycles. The first-order chi connectivity index (χ1) is 9.22. The van der Waals surface area contributed by atoms with Crippen molar-refractivity contribution in [2.24, 2.45) is 0 Å². The van der Waals surface area contributed by atoms with Gasteiger partial charge in [0.1, 0.15) is 11.6 Å². The van der Waals surface area contributed by atoms with Gasteiger partial charge in [-0.1, -0.05) is 0 Å². The highest BCUT2D eigenvalue weighted by molar-refractivity contribution is 7.11. The zero-order valence-corrected chi connectivity index (χ0v) is 12.2. The molecule has 0 aromatic carbocycles. The molecular formula is C14H18N4S. The van der Waals surface area contributed by atoms with Crippen molar-refractivity contribution in [3.05, 3.63) is 34.2 Å². The molecule has 0 amide bonds. The molecule has 0 saturated carbocycles. The first-order valence-corrected chi connectivity index (χ1v) is 7.51. The Morgan fingerprint density at radius 3 is 2.95 bits per heavy atom. The predicted octanol–water partition coefficient (Wildman–Crippen LogP) is 2.93. The van der Waals surface area contributed by atoms with Crippen LogP contribution in [0.25, 0.3) is 0 Å². The molecule has 2 aromatic rings. The lowest BCUT2D eigenvalue weighted by atomic mass is 9.99. The van der Waals surface area contributed by atoms with Crippen LogP contribution in [0.5, 0.6) is 0 Å². The number of thiazole rings is 1. The number of aromatic nitrogens is 3. The maximum Gasteiger partial charge on any atom is 0.132 e. The van der Waals surface area contributed by atoms with Gasteiger partial charge in [0.2, 0.25) is 0 Å². The molecule has 0 bridgehead atoms. The third-order valence-electron chi connectivity index (χ3n) is 3.50. The van der Waals surface area contributed by atoms with Crippen LogP contribution in [0, 0.1) is 13.8 Å². The maximum atomic E-state index is 4.54. The summed E-state index contributed by atoms with van der Waals surface area (Å²) in [6.45, 7) is 6.16. The molecule has 0 unspecified atom stereocenters. The Kier molecular flexibility index (Phi) is 3.46. The van der Waals surface area contributed by atoms with E-state index in [0.717, 1.165) is 24.7 Å². The van der Waals surface area contributed by atoms with Gasteiger partial charge in [-0.25, -0.2) is 15.0 Å². The standard InChI is InChI=1S/C14H18N4S/c1-10-8-16-14(19-10)12-4-3-7-18(9-12)13-5-6-15-11(2)17-13/h5-6,8,12H,3-4,7,9H2,1-2H3/t12-/m0/s1. The Balaban J connectivity index is 1.78. The monoisotopic (exact) mass is 274 g/mol. The second kappa shape index (κ2) is 5.25. The molecule has 1 fully saturated rings. The maximum absolute atomic E-state index is 4.54. The zero-order chi connectivity index (χ0) is 13.2. The summed E-state index contributed by atoms with van der Waals surface area (Å²) in [4.78, 5) is 16.9. The predicted molar refractivity (Wildman–Crippen MR) is 77.8 cm³/mol. The third-order valence-corrected chi connectivity index (χ3v) is 4.57. The summed E-state index contributed by atoms with van der Waals surface area (Å²) in [5, 5.41) is 1.27. The normalized spacial score (nSPS) is 19.7. The van der Waals surface area contributed by atoms with Gasteiger partial charge < -0.3 is 4.90 Å². The van der Waals surface area contributed by atoms with Crippen LogP contribution in [0.4, 0.5) is 5.82 Å². The van der Waals surface area contributed by atoms with E-state index in [-0.39, 0.29) is 0 Å². The highest BCUT2D eigenvalue weighted by Crippen LogP contribution is 2.31. The molecule has 1 aliphatic rings. The van der Waals surface area contributed by atoms with E-state index in [0.29, 0.717) is 5.92 Å². The number of nitrogens with zero attached hydrogens (tertiary/aromatic N) is 4. The molecule has 0 aliphatic carbocycles. The van der Waals surface area contributed by atoms with Crippen molar-refractivity contribution in [2.75, 3.05) is 18.0 Å². The van der Waals surface area contributed by atoms with Crippen LogP contribution < -0.4 is 4.90 Å². The molecule has 0 radical (unpaired) electrons. The summed E-state index contributed by atoms with van der Waals surface area (Å²) in [6.07, 6.45) is 6.25. The highest BCUT2D eigenvalue weighted by Gasteiger charge is 2.24. The molecule has 3 rings (SSSR count). The minimum Gasteiger partial charge on any atom is -0.356 e. The number of anilines is 1. The second-order valence-electron chi connectivity index (χ2n) is 5.06. The van der Waals surface area contributed by atoms with Crippen molar-refractivity contribution in [1.82, 2.24) is 15.0 Å². The summed E-state index contributed by atoms with van der Waals surface area (Å²) in [7, 11) is 0. The smallest absolute Gasteiger partial charge is 0.132 e. The van der Waals surface area contributed by atoms with Crippen molar-refractivity contribution in [1.29, 1.82) is 0 Å². The summed E-state index contributed by atoms with van der Waals surface area (Å²) >= 11 is 1.82. The Morgan fingerprint density at radius 2 is 2.21 bits per heavy atom. The van der Waals surface area contributed by atoms with Gasteiger partial charge in [0.15, 0.2) is 0 Å². The molecule has 1 saturated heterocycles. The van der Waals surface area contributed by atoms with Crippen LogP contribution in [-0.4, -0.2) is 28.0 Å². The van der Waals surface area contributed by atoms with E-state index < -0.39 is 0 Å². The van der Waals surface area contributed by atoms with Crippen molar-refractivity contribution in [3.63, 3.8) is 0 Å². The van der Waals surface area contributed by atoms with E-state index >= 15 is 0 Å². The van der Waals surface area contributed by atoms with Crippen LogP contribution in [0.1, 0.15) is 34.5 Å². The average Bonchev–Trinajstić information content (AvgIpc) is 2.86. The number of piperidine rings is 1. The molecule has 1 aliphatic heterocycles. The largest absolute Gasteiger partial charge is 0.356 e. The summed E-state index contributed by atoms with van der Waals surface area (Å²) in [5.74, 6) is 2.43. The molecule has 4 nitrogen and oxygen atoms in total. The fraction of sp³-hybridized carbons (Fsp3) is 0.500. The molecule has 100 valence electrons. The van der Waals surface area contributed by atoms with Gasteiger partial charge in [0.25, 0.3) is 0 Å². The van der Waals surface area contributed by atoms with Crippen LogP contribution in [0.3, 0.4) is 0 Å². The summed E-state index contributed by atoms with van der Waals surface area (Å²) in [6, 6.07) is 2.00. The third kappa shape index (κ3) is 2.76. The first-order valence-electron chi connectivity index (χ1n) is 6.69. The Morgan fingerprint density at radius 1 is 1.32 bits per heavy atom. The molecular weight excluding hydrogens is 256 g/mol. The Labute approximate surface area is 117 Å². The molecule has 0 N–H and O–H groups in total. The van der Waals surface area contributed by atoms with E-state index in [9.17, 15) is 0 Å². The zero-order valence-electron chi connectivity index (χ0n) is 11.3. The number of rotatable bonds is 2. The summed E-state index contributed by atoms with van der Waals surface area (Å²) < 4.78 is 0. The molecule has 0 spiro atoms. The second-order valence-corrected chi connectivity index (χ2v) is 6.32. The van der Waals surface area contributed by atoms with Gasteiger partial charge in [0, 0.05) is 36.3 Å². The van der Waals surface area contributed by atoms with Crippen LogP contribution >= 0.6 is 11.3 Å². The van der Waals surface area contributed by atoms with E-state index in [4.69, 9.17) is 0 Å². The van der Waals surface area contributed by atoms with E-state index in [1.807, 2.05) is 36.7 Å². The number of aryl methyl sites for hydroxylation is 2. The quantitative estimate of drug-likeness (QED) is 0.844. The number of hydrogen-bond donors (Lipinski definition) is 0. The topological polar surface area (TPSA) is 41.9 Å². The lowest BCUT2D eigenvalue weighted by Crippen LogP contribution is -2.35. The van der Waals surface area contributed by atoms with Gasteiger partial charge in [-0.05, 0) is 32.8 Å². The van der Waals surface area contributed by atoms with E-state index in [1.54, 1.807) is 0 Å². The lowest BCUT2D eigenvalue weighted by molar-refractivity contribution is 0.505. The first kappa shape index (κ1) is 12.5. The van der Waals surface area contributed by atoms with Crippen LogP contribution in [-0.2, 0) is 0 Å².